The number of halogens is 1. The van der Waals surface area contributed by atoms with Gasteiger partial charge in [-0.2, -0.15) is 10.5 Å². The highest BCUT2D eigenvalue weighted by atomic mass is 35.5. The fraction of sp³-hybridized carbons (Fsp3) is 0.333. The second-order valence-corrected chi connectivity index (χ2v) is 3.69. The van der Waals surface area contributed by atoms with E-state index in [2.05, 4.69) is 19.1 Å². The Bertz CT molecular complexity index is 438. The summed E-state index contributed by atoms with van der Waals surface area (Å²) in [6.07, 6.45) is 2.13. The molecule has 0 aliphatic rings. The molecule has 0 saturated carbocycles. The summed E-state index contributed by atoms with van der Waals surface area (Å²) in [6.45, 7) is 2.05. The third kappa shape index (κ3) is 2.72. The quantitative estimate of drug-likeness (QED) is 0.782. The molecule has 0 atom stereocenters. The van der Waals surface area contributed by atoms with Crippen molar-refractivity contribution in [2.75, 3.05) is 0 Å². The number of nitriles is 2. The van der Waals surface area contributed by atoms with Gasteiger partial charge in [0, 0.05) is 0 Å². The first kappa shape index (κ1) is 11.6. The van der Waals surface area contributed by atoms with Gasteiger partial charge in [-0.25, -0.2) is 0 Å². The van der Waals surface area contributed by atoms with Crippen molar-refractivity contribution >= 4 is 11.6 Å². The summed E-state index contributed by atoms with van der Waals surface area (Å²) in [4.78, 5) is 0. The van der Waals surface area contributed by atoms with Crippen LogP contribution < -0.4 is 0 Å². The smallest absolute Gasteiger partial charge is 0.101 e. The maximum absolute atomic E-state index is 8.89. The van der Waals surface area contributed by atoms with Gasteiger partial charge in [0.15, 0.2) is 0 Å². The van der Waals surface area contributed by atoms with Crippen LogP contribution >= 0.6 is 11.6 Å². The Labute approximate surface area is 94.7 Å². The molecule has 0 aromatic heterocycles. The average molecular weight is 219 g/mol. The van der Waals surface area contributed by atoms with E-state index in [0.717, 1.165) is 24.0 Å². The fourth-order valence-corrected chi connectivity index (χ4v) is 1.72. The van der Waals surface area contributed by atoms with Crippen molar-refractivity contribution in [3.63, 3.8) is 0 Å². The van der Waals surface area contributed by atoms with E-state index in [0.29, 0.717) is 17.0 Å². The third-order valence-corrected chi connectivity index (χ3v) is 2.58. The van der Waals surface area contributed by atoms with Crippen molar-refractivity contribution in [3.8, 4) is 12.1 Å². The SMILES string of the molecule is CCCc1cc(CC#N)cc(C#N)c1Cl. The zero-order chi connectivity index (χ0) is 11.3. The van der Waals surface area contributed by atoms with E-state index in [1.165, 1.54) is 0 Å². The van der Waals surface area contributed by atoms with Gasteiger partial charge < -0.3 is 0 Å². The van der Waals surface area contributed by atoms with Gasteiger partial charge in [-0.3, -0.25) is 0 Å². The predicted octanol–water partition coefficient (Wildman–Crippen LogP) is 3.23. The largest absolute Gasteiger partial charge is 0.198 e. The zero-order valence-electron chi connectivity index (χ0n) is 8.55. The summed E-state index contributed by atoms with van der Waals surface area (Å²) in [5.74, 6) is 0. The first-order chi connectivity index (χ1) is 7.22. The molecule has 76 valence electrons. The normalized spacial score (nSPS) is 9.33. The number of hydrogen-bond acceptors (Lipinski definition) is 2. The van der Waals surface area contributed by atoms with Gasteiger partial charge in [0.05, 0.1) is 23.1 Å². The van der Waals surface area contributed by atoms with Crippen LogP contribution in [0.1, 0.15) is 30.0 Å². The molecule has 0 amide bonds. The summed E-state index contributed by atoms with van der Waals surface area (Å²) in [5.41, 5.74) is 2.29. The minimum absolute atomic E-state index is 0.322. The number of nitrogens with zero attached hydrogens (tertiary/aromatic N) is 2. The average Bonchev–Trinajstić information content (AvgIpc) is 2.23. The van der Waals surface area contributed by atoms with E-state index in [1.54, 1.807) is 6.07 Å². The summed E-state index contributed by atoms with van der Waals surface area (Å²) in [5, 5.41) is 18.0. The summed E-state index contributed by atoms with van der Waals surface area (Å²) >= 11 is 6.05. The van der Waals surface area contributed by atoms with Gasteiger partial charge in [0.1, 0.15) is 6.07 Å². The Hall–Kier alpha value is -1.51. The van der Waals surface area contributed by atoms with Crippen molar-refractivity contribution in [2.24, 2.45) is 0 Å². The van der Waals surface area contributed by atoms with Crippen LogP contribution in [-0.4, -0.2) is 0 Å². The first-order valence-electron chi connectivity index (χ1n) is 4.81. The maximum atomic E-state index is 8.89. The molecule has 0 aliphatic carbocycles. The van der Waals surface area contributed by atoms with E-state index >= 15 is 0 Å². The van der Waals surface area contributed by atoms with Gasteiger partial charge in [-0.05, 0) is 23.6 Å². The lowest BCUT2D eigenvalue weighted by Gasteiger charge is -2.06. The van der Waals surface area contributed by atoms with Crippen molar-refractivity contribution in [2.45, 2.75) is 26.2 Å². The van der Waals surface area contributed by atoms with Crippen molar-refractivity contribution in [1.29, 1.82) is 10.5 Å². The topological polar surface area (TPSA) is 47.6 Å². The third-order valence-electron chi connectivity index (χ3n) is 2.13. The van der Waals surface area contributed by atoms with Crippen molar-refractivity contribution < 1.29 is 0 Å². The number of hydrogen-bond donors (Lipinski definition) is 0. The highest BCUT2D eigenvalue weighted by Crippen LogP contribution is 2.24. The minimum atomic E-state index is 0.322. The van der Waals surface area contributed by atoms with Gasteiger partial charge in [-0.15, -0.1) is 0 Å². The Morgan fingerprint density at radius 2 is 2.07 bits per heavy atom. The summed E-state index contributed by atoms with van der Waals surface area (Å²) in [7, 11) is 0. The second kappa shape index (κ2) is 5.39. The fourth-order valence-electron chi connectivity index (χ4n) is 1.48. The second-order valence-electron chi connectivity index (χ2n) is 3.31. The number of benzene rings is 1. The summed E-state index contributed by atoms with van der Waals surface area (Å²) < 4.78 is 0. The van der Waals surface area contributed by atoms with E-state index in [9.17, 15) is 0 Å². The molecule has 0 spiro atoms. The van der Waals surface area contributed by atoms with Crippen LogP contribution in [0.15, 0.2) is 12.1 Å². The Balaban J connectivity index is 3.21. The summed E-state index contributed by atoms with van der Waals surface area (Å²) in [6, 6.07) is 7.72. The molecule has 0 aliphatic heterocycles. The van der Waals surface area contributed by atoms with Crippen molar-refractivity contribution in [1.82, 2.24) is 0 Å². The van der Waals surface area contributed by atoms with Gasteiger partial charge in [-0.1, -0.05) is 31.0 Å². The van der Waals surface area contributed by atoms with E-state index < -0.39 is 0 Å². The molecule has 1 aromatic rings. The van der Waals surface area contributed by atoms with E-state index in [-0.39, 0.29) is 0 Å². The van der Waals surface area contributed by atoms with Gasteiger partial charge in [0.25, 0.3) is 0 Å². The predicted molar refractivity (Wildman–Crippen MR) is 59.5 cm³/mol. The highest BCUT2D eigenvalue weighted by Gasteiger charge is 2.08. The molecule has 1 rings (SSSR count). The molecule has 0 saturated heterocycles. The molecule has 1 aromatic carbocycles. The standard InChI is InChI=1S/C12H11ClN2/c1-2-3-10-6-9(4-5-14)7-11(8-15)12(10)13/h6-7H,2-4H2,1H3. The lowest BCUT2D eigenvalue weighted by atomic mass is 10.0. The number of aryl methyl sites for hydroxylation is 1. The van der Waals surface area contributed by atoms with E-state index in [4.69, 9.17) is 22.1 Å². The van der Waals surface area contributed by atoms with Crippen LogP contribution in [0.4, 0.5) is 0 Å². The molecule has 2 nitrogen and oxygen atoms in total. The number of rotatable bonds is 3. The highest BCUT2D eigenvalue weighted by molar-refractivity contribution is 6.32. The monoisotopic (exact) mass is 218 g/mol. The molecule has 0 heterocycles. The van der Waals surface area contributed by atoms with Crippen LogP contribution in [0.2, 0.25) is 5.02 Å². The molecule has 0 radical (unpaired) electrons. The van der Waals surface area contributed by atoms with Crippen LogP contribution in [0, 0.1) is 22.7 Å². The van der Waals surface area contributed by atoms with Crippen molar-refractivity contribution in [3.05, 3.63) is 33.8 Å². The Morgan fingerprint density at radius 3 is 2.60 bits per heavy atom. The van der Waals surface area contributed by atoms with Crippen LogP contribution in [0.25, 0.3) is 0 Å². The molecule has 3 heteroatoms. The van der Waals surface area contributed by atoms with Gasteiger partial charge >= 0.3 is 0 Å². The Morgan fingerprint density at radius 1 is 1.33 bits per heavy atom. The molecular weight excluding hydrogens is 208 g/mol. The van der Waals surface area contributed by atoms with Crippen LogP contribution in [0.5, 0.6) is 0 Å². The van der Waals surface area contributed by atoms with Gasteiger partial charge in [0.2, 0.25) is 0 Å². The lowest BCUT2D eigenvalue weighted by Crippen LogP contribution is -1.93. The molecule has 0 unspecified atom stereocenters. The molecule has 0 bridgehead atoms. The minimum Gasteiger partial charge on any atom is -0.198 e. The van der Waals surface area contributed by atoms with Crippen LogP contribution in [-0.2, 0) is 12.8 Å². The van der Waals surface area contributed by atoms with E-state index in [1.807, 2.05) is 6.07 Å². The molecular formula is C12H11ClN2. The Kier molecular flexibility index (Phi) is 4.16. The first-order valence-corrected chi connectivity index (χ1v) is 5.19. The maximum Gasteiger partial charge on any atom is 0.101 e. The molecule has 15 heavy (non-hydrogen) atoms. The lowest BCUT2D eigenvalue weighted by molar-refractivity contribution is 0.918. The zero-order valence-corrected chi connectivity index (χ0v) is 9.30. The van der Waals surface area contributed by atoms with Crippen LogP contribution in [0.3, 0.4) is 0 Å². The molecule has 0 fully saturated rings. The molecule has 0 N–H and O–H groups in total.